The summed E-state index contributed by atoms with van der Waals surface area (Å²) in [6, 6.07) is 9.84. The summed E-state index contributed by atoms with van der Waals surface area (Å²) < 4.78 is 33.7. The fourth-order valence-electron chi connectivity index (χ4n) is 2.83. The van der Waals surface area contributed by atoms with Gasteiger partial charge in [0.2, 0.25) is 5.13 Å². The lowest BCUT2D eigenvalue weighted by atomic mass is 10.1. The fourth-order valence-corrected chi connectivity index (χ4v) is 5.81. The van der Waals surface area contributed by atoms with Crippen LogP contribution in [0.3, 0.4) is 0 Å². The van der Waals surface area contributed by atoms with E-state index in [9.17, 15) is 18.0 Å². The van der Waals surface area contributed by atoms with Gasteiger partial charge in [0.15, 0.2) is 4.34 Å². The SMILES string of the molecule is COC(=O)CSc1nnc(NC(=O)c2ccc(C)c(S(=O)(=O)Nc3ccc(C)cc3C)c2)s1. The lowest BCUT2D eigenvalue weighted by Gasteiger charge is -2.14. The molecule has 12 heteroatoms. The Morgan fingerprint density at radius 1 is 1.06 bits per heavy atom. The lowest BCUT2D eigenvalue weighted by molar-refractivity contribution is -0.137. The second-order valence-electron chi connectivity index (χ2n) is 7.10. The largest absolute Gasteiger partial charge is 0.468 e. The first-order valence-electron chi connectivity index (χ1n) is 9.64. The van der Waals surface area contributed by atoms with E-state index in [2.05, 4.69) is 25.0 Å². The molecular formula is C21H22N4O5S3. The normalized spacial score (nSPS) is 11.2. The van der Waals surface area contributed by atoms with E-state index in [-0.39, 0.29) is 21.3 Å². The van der Waals surface area contributed by atoms with Crippen LogP contribution in [0.2, 0.25) is 0 Å². The van der Waals surface area contributed by atoms with E-state index in [1.165, 1.54) is 19.2 Å². The van der Waals surface area contributed by atoms with Gasteiger partial charge in [-0.15, -0.1) is 10.2 Å². The number of anilines is 2. The Morgan fingerprint density at radius 3 is 2.52 bits per heavy atom. The van der Waals surface area contributed by atoms with Crippen molar-refractivity contribution in [1.29, 1.82) is 0 Å². The van der Waals surface area contributed by atoms with E-state index < -0.39 is 21.9 Å². The number of esters is 1. The molecule has 3 rings (SSSR count). The molecule has 0 atom stereocenters. The number of nitrogens with zero attached hydrogens (tertiary/aromatic N) is 2. The molecule has 1 amide bonds. The highest BCUT2D eigenvalue weighted by Gasteiger charge is 2.21. The average Bonchev–Trinajstić information content (AvgIpc) is 3.21. The summed E-state index contributed by atoms with van der Waals surface area (Å²) >= 11 is 2.24. The van der Waals surface area contributed by atoms with E-state index >= 15 is 0 Å². The predicted octanol–water partition coefficient (Wildman–Crippen LogP) is 3.78. The van der Waals surface area contributed by atoms with Crippen molar-refractivity contribution in [3.8, 4) is 0 Å². The number of carbonyl (C=O) groups is 2. The van der Waals surface area contributed by atoms with Crippen molar-refractivity contribution in [1.82, 2.24) is 10.2 Å². The average molecular weight is 507 g/mol. The number of rotatable bonds is 8. The van der Waals surface area contributed by atoms with Gasteiger partial charge in [-0.25, -0.2) is 8.42 Å². The minimum atomic E-state index is -3.92. The molecule has 0 radical (unpaired) electrons. The Labute approximate surface area is 200 Å². The maximum absolute atomic E-state index is 13.0. The highest BCUT2D eigenvalue weighted by Crippen LogP contribution is 2.27. The maximum Gasteiger partial charge on any atom is 0.316 e. The molecule has 9 nitrogen and oxygen atoms in total. The van der Waals surface area contributed by atoms with E-state index in [0.717, 1.165) is 34.2 Å². The predicted molar refractivity (Wildman–Crippen MR) is 129 cm³/mol. The number of aromatic nitrogens is 2. The molecule has 2 aromatic carbocycles. The number of thioether (sulfide) groups is 1. The number of methoxy groups -OCH3 is 1. The third-order valence-electron chi connectivity index (χ3n) is 4.53. The highest BCUT2D eigenvalue weighted by atomic mass is 32.2. The highest BCUT2D eigenvalue weighted by molar-refractivity contribution is 8.01. The molecule has 1 aromatic heterocycles. The topological polar surface area (TPSA) is 127 Å². The first kappa shape index (κ1) is 24.7. The van der Waals surface area contributed by atoms with E-state index in [1.54, 1.807) is 19.1 Å². The number of ether oxygens (including phenoxy) is 1. The number of nitrogens with one attached hydrogen (secondary N) is 2. The molecule has 33 heavy (non-hydrogen) atoms. The second-order valence-corrected chi connectivity index (χ2v) is 10.9. The van der Waals surface area contributed by atoms with Gasteiger partial charge in [0.05, 0.1) is 23.4 Å². The number of aryl methyl sites for hydroxylation is 3. The van der Waals surface area contributed by atoms with Crippen LogP contribution in [-0.4, -0.2) is 43.4 Å². The number of hydrogen-bond donors (Lipinski definition) is 2. The van der Waals surface area contributed by atoms with Crippen molar-refractivity contribution in [2.75, 3.05) is 22.9 Å². The molecular weight excluding hydrogens is 484 g/mol. The van der Waals surface area contributed by atoms with Crippen molar-refractivity contribution in [3.05, 3.63) is 58.7 Å². The Kier molecular flexibility index (Phi) is 7.72. The molecule has 0 bridgehead atoms. The van der Waals surface area contributed by atoms with Crippen molar-refractivity contribution in [3.63, 3.8) is 0 Å². The van der Waals surface area contributed by atoms with Crippen LogP contribution < -0.4 is 10.0 Å². The number of sulfonamides is 1. The van der Waals surface area contributed by atoms with Crippen LogP contribution in [0.15, 0.2) is 45.6 Å². The molecule has 3 aromatic rings. The first-order valence-corrected chi connectivity index (χ1v) is 12.9. The third kappa shape index (κ3) is 6.30. The maximum atomic E-state index is 13.0. The molecule has 2 N–H and O–H groups in total. The number of hydrogen-bond acceptors (Lipinski definition) is 9. The van der Waals surface area contributed by atoms with Crippen LogP contribution in [0.25, 0.3) is 0 Å². The Balaban J connectivity index is 1.77. The smallest absolute Gasteiger partial charge is 0.316 e. The van der Waals surface area contributed by atoms with Crippen LogP contribution in [0.5, 0.6) is 0 Å². The zero-order valence-electron chi connectivity index (χ0n) is 18.3. The zero-order chi connectivity index (χ0) is 24.2. The van der Waals surface area contributed by atoms with Crippen molar-refractivity contribution in [2.45, 2.75) is 30.0 Å². The summed E-state index contributed by atoms with van der Waals surface area (Å²) in [5.41, 5.74) is 2.94. The summed E-state index contributed by atoms with van der Waals surface area (Å²) in [5.74, 6) is -0.853. The summed E-state index contributed by atoms with van der Waals surface area (Å²) in [4.78, 5) is 23.9. The van der Waals surface area contributed by atoms with Crippen molar-refractivity contribution in [2.24, 2.45) is 0 Å². The van der Waals surface area contributed by atoms with E-state index in [0.29, 0.717) is 15.6 Å². The molecule has 0 saturated carbocycles. The van der Waals surface area contributed by atoms with Gasteiger partial charge in [-0.1, -0.05) is 46.9 Å². The van der Waals surface area contributed by atoms with Gasteiger partial charge in [0.1, 0.15) is 0 Å². The zero-order valence-corrected chi connectivity index (χ0v) is 20.8. The van der Waals surface area contributed by atoms with Crippen LogP contribution in [0.4, 0.5) is 10.8 Å². The molecule has 0 spiro atoms. The Hall–Kier alpha value is -2.96. The molecule has 174 valence electrons. The quantitative estimate of drug-likeness (QED) is 0.268. The minimum Gasteiger partial charge on any atom is -0.468 e. The standard InChI is InChI=1S/C21H22N4O5S3/c1-12-5-8-16(14(3)9-12)25-33(28,29)17-10-15(7-6-13(17)2)19(27)22-20-23-24-21(32-20)31-11-18(26)30-4/h5-10,25H,11H2,1-4H3,(H,22,23,27). The fraction of sp³-hybridized carbons (Fsp3) is 0.238. The number of benzene rings is 2. The summed E-state index contributed by atoms with van der Waals surface area (Å²) in [5, 5.41) is 10.6. The minimum absolute atomic E-state index is 0.00158. The molecule has 0 unspecified atom stereocenters. The second kappa shape index (κ2) is 10.3. The van der Waals surface area contributed by atoms with Gasteiger partial charge < -0.3 is 4.74 Å². The number of carbonyl (C=O) groups excluding carboxylic acids is 2. The Morgan fingerprint density at radius 2 is 1.82 bits per heavy atom. The molecule has 1 heterocycles. The summed E-state index contributed by atoms with van der Waals surface area (Å²) in [6.45, 7) is 5.41. The van der Waals surface area contributed by atoms with Gasteiger partial charge in [-0.2, -0.15) is 0 Å². The molecule has 0 aliphatic heterocycles. The van der Waals surface area contributed by atoms with Gasteiger partial charge >= 0.3 is 5.97 Å². The Bertz CT molecular complexity index is 1300. The van der Waals surface area contributed by atoms with E-state index in [4.69, 9.17) is 0 Å². The monoisotopic (exact) mass is 506 g/mol. The molecule has 0 saturated heterocycles. The van der Waals surface area contributed by atoms with Gasteiger partial charge in [0, 0.05) is 5.56 Å². The molecule has 0 aliphatic rings. The van der Waals surface area contributed by atoms with Gasteiger partial charge in [-0.05, 0) is 50.1 Å². The van der Waals surface area contributed by atoms with E-state index in [1.807, 2.05) is 26.0 Å². The first-order chi connectivity index (χ1) is 15.6. The third-order valence-corrected chi connectivity index (χ3v) is 7.99. The summed E-state index contributed by atoms with van der Waals surface area (Å²) in [7, 11) is -2.63. The van der Waals surface area contributed by atoms with Crippen LogP contribution in [0.1, 0.15) is 27.0 Å². The molecule has 0 aliphatic carbocycles. The van der Waals surface area contributed by atoms with Crippen molar-refractivity contribution >= 4 is 55.8 Å². The molecule has 0 fully saturated rings. The van der Waals surface area contributed by atoms with Crippen LogP contribution >= 0.6 is 23.1 Å². The van der Waals surface area contributed by atoms with Crippen molar-refractivity contribution < 1.29 is 22.7 Å². The van der Waals surface area contributed by atoms with Gasteiger partial charge in [-0.3, -0.25) is 19.6 Å². The summed E-state index contributed by atoms with van der Waals surface area (Å²) in [6.07, 6.45) is 0. The van der Waals surface area contributed by atoms with Crippen LogP contribution in [0, 0.1) is 20.8 Å². The van der Waals surface area contributed by atoms with Gasteiger partial charge in [0.25, 0.3) is 15.9 Å². The lowest BCUT2D eigenvalue weighted by Crippen LogP contribution is -2.17. The van der Waals surface area contributed by atoms with Crippen LogP contribution in [-0.2, 0) is 19.6 Å². The number of amides is 1.